The van der Waals surface area contributed by atoms with E-state index >= 15 is 0 Å². The van der Waals surface area contributed by atoms with E-state index in [-0.39, 0.29) is 32.2 Å². The molecule has 0 rings (SSSR count). The summed E-state index contributed by atoms with van der Waals surface area (Å²) in [5.41, 5.74) is 0. The molecule has 0 aliphatic heterocycles. The fourth-order valence-corrected chi connectivity index (χ4v) is 7.65. The minimum Gasteiger partial charge on any atom is -0.457 e. The van der Waals surface area contributed by atoms with Crippen molar-refractivity contribution < 1.29 is 37.3 Å². The molecule has 9 heteroatoms. The molecule has 8 nitrogen and oxygen atoms in total. The lowest BCUT2D eigenvalue weighted by atomic mass is 10.1. The Morgan fingerprint density at radius 1 is 0.492 bits per heavy atom. The van der Waals surface area contributed by atoms with Gasteiger partial charge in [-0.2, -0.15) is 0 Å². The fourth-order valence-electron chi connectivity index (χ4n) is 6.90. The standard InChI is InChI=1S/C56H100NO7P/c1-6-8-10-12-14-16-18-20-22-24-26-28-30-32-34-36-38-40-42-44-46-48-51-61-53-55(54-63-65(59,60)62-52-50-57(3,4)5)64-56(58)49-47-45-43-41-39-37-35-33-31-29-27-25-23-21-19-17-15-13-11-9-7-2/h9,11,15,17,21,23-24,26-27,29,33,35,39,41,55H,6-8,10,12-14,16,18-20,22,25,28,30-32,34,36-38,40,42-54H2,1-5H3/p+1/b11-9-,17-15-,23-21-,26-24-,29-27-,35-33-,41-39-. The van der Waals surface area contributed by atoms with E-state index in [0.717, 1.165) is 64.2 Å². The van der Waals surface area contributed by atoms with Crippen molar-refractivity contribution >= 4 is 13.8 Å². The van der Waals surface area contributed by atoms with Gasteiger partial charge in [0.25, 0.3) is 0 Å². The SMILES string of the molecule is CC/C=C\C/C=C\C/C=C\C/C=C\C/C=C\C/C=C\CCCCC(=O)OC(COCCCCCCCCCCCC/C=C\CCCCCCCCCC)COP(=O)(O)OCC[N+](C)(C)C. The number of nitrogens with zero attached hydrogens (tertiary/aromatic N) is 1. The molecular weight excluding hydrogens is 830 g/mol. The van der Waals surface area contributed by atoms with Gasteiger partial charge < -0.3 is 18.9 Å². The number of unbranched alkanes of at least 4 members (excludes halogenated alkanes) is 20. The van der Waals surface area contributed by atoms with Gasteiger partial charge in [0.05, 0.1) is 34.4 Å². The highest BCUT2D eigenvalue weighted by Gasteiger charge is 2.26. The van der Waals surface area contributed by atoms with Crippen LogP contribution in [0.4, 0.5) is 0 Å². The van der Waals surface area contributed by atoms with Crippen LogP contribution in [0.15, 0.2) is 85.1 Å². The first-order chi connectivity index (χ1) is 31.6. The van der Waals surface area contributed by atoms with Crippen molar-refractivity contribution in [2.24, 2.45) is 0 Å². The van der Waals surface area contributed by atoms with Crippen LogP contribution in [-0.4, -0.2) is 75.6 Å². The average Bonchev–Trinajstić information content (AvgIpc) is 3.27. The predicted molar refractivity (Wildman–Crippen MR) is 279 cm³/mol. The van der Waals surface area contributed by atoms with Crippen LogP contribution in [0.5, 0.6) is 0 Å². The van der Waals surface area contributed by atoms with Crippen LogP contribution in [0.3, 0.4) is 0 Å². The first-order valence-corrected chi connectivity index (χ1v) is 27.8. The van der Waals surface area contributed by atoms with E-state index in [1.165, 1.54) is 116 Å². The van der Waals surface area contributed by atoms with E-state index in [9.17, 15) is 14.3 Å². The molecule has 2 unspecified atom stereocenters. The first-order valence-electron chi connectivity index (χ1n) is 26.3. The van der Waals surface area contributed by atoms with Crippen LogP contribution < -0.4 is 0 Å². The Hall–Kier alpha value is -2.32. The van der Waals surface area contributed by atoms with Gasteiger partial charge in [-0.3, -0.25) is 13.8 Å². The highest BCUT2D eigenvalue weighted by Crippen LogP contribution is 2.43. The second-order valence-corrected chi connectivity index (χ2v) is 20.0. The summed E-state index contributed by atoms with van der Waals surface area (Å²) in [4.78, 5) is 23.0. The van der Waals surface area contributed by atoms with E-state index in [2.05, 4.69) is 98.9 Å². The summed E-state index contributed by atoms with van der Waals surface area (Å²) in [5.74, 6) is -0.357. The van der Waals surface area contributed by atoms with Gasteiger partial charge in [0, 0.05) is 13.0 Å². The molecule has 0 heterocycles. The molecule has 0 amide bonds. The Bertz CT molecular complexity index is 1310. The number of hydrogen-bond donors (Lipinski definition) is 1. The third-order valence-electron chi connectivity index (χ3n) is 10.9. The lowest BCUT2D eigenvalue weighted by Gasteiger charge is -2.24. The van der Waals surface area contributed by atoms with Gasteiger partial charge in [-0.25, -0.2) is 4.57 Å². The lowest BCUT2D eigenvalue weighted by molar-refractivity contribution is -0.870. The summed E-state index contributed by atoms with van der Waals surface area (Å²) in [6.07, 6.45) is 65.0. The molecule has 0 bridgehead atoms. The second kappa shape index (κ2) is 48.1. The van der Waals surface area contributed by atoms with Crippen molar-refractivity contribution in [1.82, 2.24) is 0 Å². The Morgan fingerprint density at radius 3 is 1.35 bits per heavy atom. The van der Waals surface area contributed by atoms with Gasteiger partial charge in [-0.05, 0) is 89.9 Å². The smallest absolute Gasteiger partial charge is 0.457 e. The number of carbonyl (C=O) groups is 1. The third kappa shape index (κ3) is 52.5. The molecule has 0 saturated carbocycles. The zero-order valence-corrected chi connectivity index (χ0v) is 43.6. The van der Waals surface area contributed by atoms with E-state index in [1.807, 2.05) is 21.1 Å². The maximum Gasteiger partial charge on any atom is 0.472 e. The van der Waals surface area contributed by atoms with Crippen LogP contribution in [0.25, 0.3) is 0 Å². The number of carbonyl (C=O) groups excluding carboxylic acids is 1. The summed E-state index contributed by atoms with van der Waals surface area (Å²) in [6, 6.07) is 0. The number of allylic oxidation sites excluding steroid dienone is 14. The van der Waals surface area contributed by atoms with Gasteiger partial charge in [-0.1, -0.05) is 195 Å². The molecule has 376 valence electrons. The zero-order chi connectivity index (χ0) is 47.6. The molecule has 0 radical (unpaired) electrons. The van der Waals surface area contributed by atoms with Crippen molar-refractivity contribution in [3.63, 3.8) is 0 Å². The number of phosphoric acid groups is 1. The maximum absolute atomic E-state index is 12.8. The van der Waals surface area contributed by atoms with Gasteiger partial charge >= 0.3 is 13.8 Å². The maximum atomic E-state index is 12.8. The molecular formula is C56H101NO7P+. The molecule has 0 saturated heterocycles. The largest absolute Gasteiger partial charge is 0.472 e. The minimum atomic E-state index is -4.30. The van der Waals surface area contributed by atoms with Crippen molar-refractivity contribution in [2.45, 2.75) is 213 Å². The van der Waals surface area contributed by atoms with E-state index < -0.39 is 13.9 Å². The first kappa shape index (κ1) is 62.7. The quantitative estimate of drug-likeness (QED) is 0.0214. The Labute approximate surface area is 401 Å². The average molecular weight is 931 g/mol. The van der Waals surface area contributed by atoms with Crippen LogP contribution in [0.2, 0.25) is 0 Å². The third-order valence-corrected chi connectivity index (χ3v) is 11.9. The second-order valence-electron chi connectivity index (χ2n) is 18.5. The molecule has 0 aliphatic carbocycles. The zero-order valence-electron chi connectivity index (χ0n) is 42.7. The monoisotopic (exact) mass is 931 g/mol. The number of esters is 1. The number of hydrogen-bond acceptors (Lipinski definition) is 6. The van der Waals surface area contributed by atoms with Gasteiger partial charge in [0.15, 0.2) is 0 Å². The summed E-state index contributed by atoms with van der Waals surface area (Å²) in [7, 11) is 1.63. The van der Waals surface area contributed by atoms with Gasteiger partial charge in [0.2, 0.25) is 0 Å². The fraction of sp³-hybridized carbons (Fsp3) is 0.732. The number of quaternary nitrogens is 1. The topological polar surface area (TPSA) is 91.3 Å². The van der Waals surface area contributed by atoms with E-state index in [4.69, 9.17) is 18.5 Å². The molecule has 0 aromatic heterocycles. The molecule has 0 aliphatic rings. The van der Waals surface area contributed by atoms with Crippen LogP contribution >= 0.6 is 7.82 Å². The highest BCUT2D eigenvalue weighted by molar-refractivity contribution is 7.47. The number of rotatable bonds is 48. The normalized spacial score (nSPS) is 14.2. The van der Waals surface area contributed by atoms with Crippen molar-refractivity contribution in [3.05, 3.63) is 85.1 Å². The number of likely N-dealkylation sites (N-methyl/N-ethyl adjacent to an activating group) is 1. The number of ether oxygens (including phenoxy) is 2. The van der Waals surface area contributed by atoms with Crippen molar-refractivity contribution in [3.8, 4) is 0 Å². The van der Waals surface area contributed by atoms with Gasteiger partial charge in [0.1, 0.15) is 19.3 Å². The molecule has 1 N–H and O–H groups in total. The highest BCUT2D eigenvalue weighted by atomic mass is 31.2. The van der Waals surface area contributed by atoms with Crippen LogP contribution in [0.1, 0.15) is 206 Å². The molecule has 0 fully saturated rings. The summed E-state index contributed by atoms with van der Waals surface area (Å²) in [5, 5.41) is 0. The molecule has 0 spiro atoms. The Balaban J connectivity index is 4.23. The summed E-state index contributed by atoms with van der Waals surface area (Å²) < 4.78 is 35.1. The Kier molecular flexibility index (Phi) is 46.4. The number of phosphoric ester groups is 1. The predicted octanol–water partition coefficient (Wildman–Crippen LogP) is 16.4. The minimum absolute atomic E-state index is 0.0757. The molecule has 2 atom stereocenters. The summed E-state index contributed by atoms with van der Waals surface area (Å²) in [6.45, 7) is 5.45. The molecule has 65 heavy (non-hydrogen) atoms. The van der Waals surface area contributed by atoms with E-state index in [1.54, 1.807) is 0 Å². The van der Waals surface area contributed by atoms with E-state index in [0.29, 0.717) is 24.1 Å². The molecule has 0 aromatic rings. The summed E-state index contributed by atoms with van der Waals surface area (Å²) >= 11 is 0. The lowest BCUT2D eigenvalue weighted by Crippen LogP contribution is -2.37. The Morgan fingerprint density at radius 2 is 0.892 bits per heavy atom. The van der Waals surface area contributed by atoms with Crippen molar-refractivity contribution in [1.29, 1.82) is 0 Å². The van der Waals surface area contributed by atoms with Crippen LogP contribution in [0, 0.1) is 0 Å². The van der Waals surface area contributed by atoms with Gasteiger partial charge in [-0.15, -0.1) is 0 Å². The van der Waals surface area contributed by atoms with Crippen LogP contribution in [-0.2, 0) is 27.9 Å². The van der Waals surface area contributed by atoms with Crippen molar-refractivity contribution in [2.75, 3.05) is 54.1 Å². The molecule has 0 aromatic carbocycles.